The van der Waals surface area contributed by atoms with Gasteiger partial charge < -0.3 is 4.74 Å². The van der Waals surface area contributed by atoms with Crippen LogP contribution in [0.5, 0.6) is 5.75 Å². The smallest absolute Gasteiger partial charge is 0.133 e. The maximum atomic E-state index is 9.06. The third-order valence-electron chi connectivity index (χ3n) is 2.84. The van der Waals surface area contributed by atoms with E-state index < -0.39 is 0 Å². The minimum absolute atomic E-state index is 0.119. The summed E-state index contributed by atoms with van der Waals surface area (Å²) in [5, 5.41) is 11.9. The van der Waals surface area contributed by atoms with Crippen LogP contribution in [0.4, 0.5) is 0 Å². The normalized spacial score (nSPS) is 11.9. The van der Waals surface area contributed by atoms with Crippen molar-refractivity contribution in [3.8, 4) is 22.4 Å². The van der Waals surface area contributed by atoms with Crippen molar-refractivity contribution in [3.63, 3.8) is 0 Å². The van der Waals surface area contributed by atoms with Gasteiger partial charge in [-0.3, -0.25) is 0 Å². The Labute approximate surface area is 125 Å². The highest BCUT2D eigenvalue weighted by Crippen LogP contribution is 2.33. The van der Waals surface area contributed by atoms with Crippen LogP contribution in [0.25, 0.3) is 10.6 Å². The summed E-state index contributed by atoms with van der Waals surface area (Å²) in [7, 11) is 1.64. The van der Waals surface area contributed by atoms with E-state index in [0.717, 1.165) is 32.9 Å². The third-order valence-corrected chi connectivity index (χ3v) is 4.37. The lowest BCUT2D eigenvalue weighted by molar-refractivity contribution is 0.412. The van der Waals surface area contributed by atoms with E-state index in [2.05, 4.69) is 27.0 Å². The van der Waals surface area contributed by atoms with Crippen LogP contribution in [0, 0.1) is 11.3 Å². The third kappa shape index (κ3) is 2.96. The molecule has 0 aliphatic rings. The number of methoxy groups -OCH3 is 1. The number of aromatic nitrogens is 1. The van der Waals surface area contributed by atoms with Crippen molar-refractivity contribution in [2.75, 3.05) is 7.11 Å². The molecule has 0 radical (unpaired) electrons. The molecule has 2 aromatic rings. The molecule has 0 bridgehead atoms. The number of nitrogens with zero attached hydrogens (tertiary/aromatic N) is 2. The molecule has 0 amide bonds. The van der Waals surface area contributed by atoms with E-state index in [1.165, 1.54) is 0 Å². The van der Waals surface area contributed by atoms with Gasteiger partial charge >= 0.3 is 0 Å². The molecule has 2 rings (SSSR count). The fourth-order valence-electron chi connectivity index (χ4n) is 1.74. The lowest BCUT2D eigenvalue weighted by atomic mass is 10.1. The number of halogens is 1. The predicted molar refractivity (Wildman–Crippen MR) is 80.4 cm³/mol. The molecule has 3 nitrogen and oxygen atoms in total. The van der Waals surface area contributed by atoms with Crippen LogP contribution in [0.2, 0.25) is 0 Å². The van der Waals surface area contributed by atoms with Gasteiger partial charge in [0.05, 0.1) is 29.3 Å². The fraction of sp³-hybridized carbons (Fsp3) is 0.286. The Morgan fingerprint density at radius 3 is 2.89 bits per heavy atom. The minimum Gasteiger partial charge on any atom is -0.496 e. The Kier molecular flexibility index (Phi) is 4.56. The first-order chi connectivity index (χ1) is 9.19. The van der Waals surface area contributed by atoms with E-state index in [0.29, 0.717) is 0 Å². The highest BCUT2D eigenvalue weighted by molar-refractivity contribution is 9.10. The van der Waals surface area contributed by atoms with E-state index in [1.54, 1.807) is 18.4 Å². The molecule has 0 N–H and O–H groups in total. The molecular weight excluding hydrogens is 324 g/mol. The van der Waals surface area contributed by atoms with E-state index in [-0.39, 0.29) is 5.92 Å². The summed E-state index contributed by atoms with van der Waals surface area (Å²) in [6.45, 7) is 2.00. The zero-order valence-corrected chi connectivity index (χ0v) is 13.1. The van der Waals surface area contributed by atoms with Crippen LogP contribution in [0.3, 0.4) is 0 Å². The highest BCUT2D eigenvalue weighted by atomic mass is 79.9. The van der Waals surface area contributed by atoms with E-state index in [1.807, 2.05) is 30.5 Å². The zero-order chi connectivity index (χ0) is 13.8. The van der Waals surface area contributed by atoms with Crippen molar-refractivity contribution in [1.82, 2.24) is 4.98 Å². The summed E-state index contributed by atoms with van der Waals surface area (Å²) in [4.78, 5) is 4.55. The number of benzene rings is 1. The van der Waals surface area contributed by atoms with Gasteiger partial charge in [-0.1, -0.05) is 6.92 Å². The Balaban J connectivity index is 2.33. The molecule has 1 aromatic carbocycles. The minimum atomic E-state index is -0.119. The Hall–Kier alpha value is -1.38. The molecule has 0 saturated carbocycles. The molecule has 98 valence electrons. The summed E-state index contributed by atoms with van der Waals surface area (Å²) in [6.07, 6.45) is 0.784. The van der Waals surface area contributed by atoms with Crippen LogP contribution >= 0.6 is 27.3 Å². The SMILES string of the molecule is CCC(C#N)c1csc(-c2ccc(OC)c(Br)c2)n1. The monoisotopic (exact) mass is 336 g/mol. The molecule has 1 unspecified atom stereocenters. The molecule has 19 heavy (non-hydrogen) atoms. The molecule has 0 spiro atoms. The van der Waals surface area contributed by atoms with Crippen LogP contribution in [0.1, 0.15) is 25.0 Å². The van der Waals surface area contributed by atoms with E-state index in [9.17, 15) is 0 Å². The highest BCUT2D eigenvalue weighted by Gasteiger charge is 2.13. The summed E-state index contributed by atoms with van der Waals surface area (Å²) < 4.78 is 6.11. The van der Waals surface area contributed by atoms with Gasteiger partial charge in [0.25, 0.3) is 0 Å². The predicted octanol–water partition coefficient (Wildman–Crippen LogP) is 4.60. The van der Waals surface area contributed by atoms with Gasteiger partial charge in [0.1, 0.15) is 10.8 Å². The molecule has 1 heterocycles. The van der Waals surface area contributed by atoms with E-state index in [4.69, 9.17) is 10.00 Å². The second kappa shape index (κ2) is 6.18. The molecule has 0 aliphatic carbocycles. The van der Waals surface area contributed by atoms with Gasteiger partial charge in [0.2, 0.25) is 0 Å². The molecule has 0 saturated heterocycles. The topological polar surface area (TPSA) is 45.9 Å². The molecule has 0 fully saturated rings. The molecular formula is C14H13BrN2OS. The first kappa shape index (κ1) is 14.0. The first-order valence-corrected chi connectivity index (χ1v) is 7.55. The Bertz CT molecular complexity index is 618. The van der Waals surface area contributed by atoms with Gasteiger partial charge in [0, 0.05) is 10.9 Å². The van der Waals surface area contributed by atoms with Crippen molar-refractivity contribution in [1.29, 1.82) is 5.26 Å². The lowest BCUT2D eigenvalue weighted by Gasteiger charge is -2.04. The zero-order valence-electron chi connectivity index (χ0n) is 10.7. The van der Waals surface area contributed by atoms with Crippen molar-refractivity contribution < 1.29 is 4.74 Å². The summed E-state index contributed by atoms with van der Waals surface area (Å²) in [6, 6.07) is 8.13. The number of thiazole rings is 1. The fourth-order valence-corrected chi connectivity index (χ4v) is 3.16. The summed E-state index contributed by atoms with van der Waals surface area (Å²) in [5.74, 6) is 0.677. The van der Waals surface area contributed by atoms with Gasteiger partial charge in [0.15, 0.2) is 0 Å². The number of ether oxygens (including phenoxy) is 1. The van der Waals surface area contributed by atoms with Crippen LogP contribution in [-0.2, 0) is 0 Å². The largest absolute Gasteiger partial charge is 0.496 e. The quantitative estimate of drug-likeness (QED) is 0.819. The van der Waals surface area contributed by atoms with Gasteiger partial charge in [-0.05, 0) is 40.5 Å². The second-order valence-corrected chi connectivity index (χ2v) is 5.73. The molecule has 1 atom stereocenters. The summed E-state index contributed by atoms with van der Waals surface area (Å²) in [5.41, 5.74) is 1.88. The number of hydrogen-bond donors (Lipinski definition) is 0. The average molecular weight is 337 g/mol. The second-order valence-electron chi connectivity index (χ2n) is 4.02. The number of rotatable bonds is 4. The first-order valence-electron chi connectivity index (χ1n) is 5.88. The lowest BCUT2D eigenvalue weighted by Crippen LogP contribution is -1.93. The van der Waals surface area contributed by atoms with Crippen LogP contribution in [-0.4, -0.2) is 12.1 Å². The number of hydrogen-bond acceptors (Lipinski definition) is 4. The standard InChI is InChI=1S/C14H13BrN2OS/c1-3-9(7-16)12-8-19-14(17-12)10-4-5-13(18-2)11(15)6-10/h4-6,8-9H,3H2,1-2H3. The maximum Gasteiger partial charge on any atom is 0.133 e. The molecule has 5 heteroatoms. The van der Waals surface area contributed by atoms with Gasteiger partial charge in [-0.2, -0.15) is 5.26 Å². The Morgan fingerprint density at radius 2 is 2.32 bits per heavy atom. The van der Waals surface area contributed by atoms with Crippen molar-refractivity contribution in [2.45, 2.75) is 19.3 Å². The number of nitriles is 1. The van der Waals surface area contributed by atoms with E-state index >= 15 is 0 Å². The van der Waals surface area contributed by atoms with Crippen LogP contribution in [0.15, 0.2) is 28.1 Å². The summed E-state index contributed by atoms with van der Waals surface area (Å²) >= 11 is 5.03. The molecule has 0 aliphatic heterocycles. The van der Waals surface area contributed by atoms with Crippen molar-refractivity contribution in [2.24, 2.45) is 0 Å². The maximum absolute atomic E-state index is 9.06. The van der Waals surface area contributed by atoms with Crippen molar-refractivity contribution >= 4 is 27.3 Å². The van der Waals surface area contributed by atoms with Crippen molar-refractivity contribution in [3.05, 3.63) is 33.7 Å². The Morgan fingerprint density at radius 1 is 1.53 bits per heavy atom. The van der Waals surface area contributed by atoms with Gasteiger partial charge in [-0.15, -0.1) is 11.3 Å². The molecule has 1 aromatic heterocycles. The average Bonchev–Trinajstić information content (AvgIpc) is 2.90. The van der Waals surface area contributed by atoms with Gasteiger partial charge in [-0.25, -0.2) is 4.98 Å². The van der Waals surface area contributed by atoms with Crippen LogP contribution < -0.4 is 4.74 Å².